The highest BCUT2D eigenvalue weighted by Crippen LogP contribution is 2.20. The fourth-order valence-electron chi connectivity index (χ4n) is 2.36. The van der Waals surface area contributed by atoms with Crippen LogP contribution in [0.15, 0.2) is 29.4 Å². The molecule has 1 unspecified atom stereocenters. The number of amides is 1. The lowest BCUT2D eigenvalue weighted by Crippen LogP contribution is -2.30. The Labute approximate surface area is 169 Å². The van der Waals surface area contributed by atoms with Gasteiger partial charge in [-0.05, 0) is 51.3 Å². The monoisotopic (exact) mass is 418 g/mol. The molecule has 1 atom stereocenters. The summed E-state index contributed by atoms with van der Waals surface area (Å²) in [6, 6.07) is 6.84. The molecule has 1 N–H and O–H groups in total. The van der Waals surface area contributed by atoms with Crippen LogP contribution >= 0.6 is 23.1 Å². The number of hydrogen-bond acceptors (Lipinski definition) is 9. The van der Waals surface area contributed by atoms with Crippen molar-refractivity contribution in [3.63, 3.8) is 0 Å². The van der Waals surface area contributed by atoms with Gasteiger partial charge in [0.15, 0.2) is 11.3 Å². The average Bonchev–Trinajstić information content (AvgIpc) is 3.26. The van der Waals surface area contributed by atoms with E-state index in [1.807, 2.05) is 17.7 Å². The predicted molar refractivity (Wildman–Crippen MR) is 106 cm³/mol. The van der Waals surface area contributed by atoms with Gasteiger partial charge in [0.1, 0.15) is 10.8 Å². The van der Waals surface area contributed by atoms with E-state index >= 15 is 0 Å². The molecule has 0 bridgehead atoms. The van der Waals surface area contributed by atoms with E-state index in [4.69, 9.17) is 4.74 Å². The smallest absolute Gasteiger partial charge is 0.338 e. The highest BCUT2D eigenvalue weighted by atomic mass is 32.2. The first-order valence-electron chi connectivity index (χ1n) is 8.27. The molecule has 0 aliphatic carbocycles. The summed E-state index contributed by atoms with van der Waals surface area (Å²) in [5.41, 5.74) is 1.17. The van der Waals surface area contributed by atoms with Crippen molar-refractivity contribution in [2.24, 2.45) is 0 Å². The van der Waals surface area contributed by atoms with Crippen molar-refractivity contribution in [2.45, 2.75) is 32.0 Å². The largest absolute Gasteiger partial charge is 0.449 e. The van der Waals surface area contributed by atoms with E-state index in [1.54, 1.807) is 31.2 Å². The molecule has 2 heterocycles. The van der Waals surface area contributed by atoms with Crippen molar-refractivity contribution in [1.82, 2.24) is 25.0 Å². The Hall–Kier alpha value is -2.79. The Balaban J connectivity index is 1.65. The number of carbonyl (C=O) groups excluding carboxylic acids is 2. The maximum Gasteiger partial charge on any atom is 0.338 e. The Morgan fingerprint density at radius 1 is 1.14 bits per heavy atom. The van der Waals surface area contributed by atoms with Crippen molar-refractivity contribution in [3.05, 3.63) is 40.7 Å². The van der Waals surface area contributed by atoms with Gasteiger partial charge in [-0.25, -0.2) is 4.79 Å². The van der Waals surface area contributed by atoms with Gasteiger partial charge in [-0.2, -0.15) is 0 Å². The number of carbonyl (C=O) groups is 2. The highest BCUT2D eigenvalue weighted by molar-refractivity contribution is 7.98. The summed E-state index contributed by atoms with van der Waals surface area (Å²) in [6.07, 6.45) is 0.945. The molecule has 0 radical (unpaired) electrons. The van der Waals surface area contributed by atoms with Gasteiger partial charge in [0.25, 0.3) is 5.91 Å². The third-order valence-corrected chi connectivity index (χ3v) is 5.13. The molecule has 0 saturated carbocycles. The molecule has 146 valence electrons. The van der Waals surface area contributed by atoms with E-state index in [0.717, 1.165) is 21.7 Å². The quantitative estimate of drug-likeness (QED) is 0.480. The average molecular weight is 419 g/mol. The second kappa shape index (κ2) is 8.48. The molecule has 0 aliphatic heterocycles. The van der Waals surface area contributed by atoms with Crippen LogP contribution in [0.4, 0.5) is 5.13 Å². The lowest BCUT2D eigenvalue weighted by atomic mass is 10.2. The molecule has 11 heteroatoms. The van der Waals surface area contributed by atoms with E-state index in [2.05, 4.69) is 25.7 Å². The van der Waals surface area contributed by atoms with E-state index in [9.17, 15) is 9.59 Å². The van der Waals surface area contributed by atoms with Crippen LogP contribution in [0.5, 0.6) is 0 Å². The van der Waals surface area contributed by atoms with E-state index in [1.165, 1.54) is 30.0 Å². The normalized spacial score (nSPS) is 11.9. The van der Waals surface area contributed by atoms with Crippen LogP contribution in [0.1, 0.15) is 28.1 Å². The third kappa shape index (κ3) is 4.37. The maximum atomic E-state index is 12.3. The van der Waals surface area contributed by atoms with Crippen LogP contribution in [0.25, 0.3) is 5.69 Å². The third-order valence-electron chi connectivity index (χ3n) is 3.75. The van der Waals surface area contributed by atoms with Crippen LogP contribution in [0.2, 0.25) is 0 Å². The summed E-state index contributed by atoms with van der Waals surface area (Å²) in [5.74, 6) is -0.309. The first-order valence-corrected chi connectivity index (χ1v) is 10.3. The van der Waals surface area contributed by atoms with E-state index < -0.39 is 18.0 Å². The Bertz CT molecular complexity index is 999. The second-order valence-corrected chi connectivity index (χ2v) is 7.73. The molecular formula is C17H18N6O3S2. The van der Waals surface area contributed by atoms with E-state index in [-0.39, 0.29) is 0 Å². The van der Waals surface area contributed by atoms with Gasteiger partial charge >= 0.3 is 5.97 Å². The minimum Gasteiger partial charge on any atom is -0.449 e. The minimum atomic E-state index is -0.973. The maximum absolute atomic E-state index is 12.3. The number of rotatable bonds is 6. The van der Waals surface area contributed by atoms with Crippen molar-refractivity contribution in [1.29, 1.82) is 0 Å². The van der Waals surface area contributed by atoms with Gasteiger partial charge in [0.2, 0.25) is 5.13 Å². The van der Waals surface area contributed by atoms with Gasteiger partial charge in [0, 0.05) is 5.69 Å². The second-order valence-electron chi connectivity index (χ2n) is 5.78. The van der Waals surface area contributed by atoms with Gasteiger partial charge in [-0.3, -0.25) is 14.7 Å². The molecular weight excluding hydrogens is 400 g/mol. The number of esters is 1. The first-order chi connectivity index (χ1) is 13.4. The Kier molecular flexibility index (Phi) is 6.05. The highest BCUT2D eigenvalue weighted by Gasteiger charge is 2.20. The fraction of sp³-hybridized carbons (Fsp3) is 0.294. The predicted octanol–water partition coefficient (Wildman–Crippen LogP) is 2.64. The van der Waals surface area contributed by atoms with Crippen LogP contribution < -0.4 is 5.32 Å². The molecule has 2 aromatic heterocycles. The molecule has 1 aromatic carbocycles. The number of aromatic nitrogens is 5. The van der Waals surface area contributed by atoms with Crippen LogP contribution in [0.3, 0.4) is 0 Å². The van der Waals surface area contributed by atoms with Crippen LogP contribution in [-0.4, -0.2) is 49.2 Å². The van der Waals surface area contributed by atoms with E-state index in [0.29, 0.717) is 10.7 Å². The Morgan fingerprint density at radius 2 is 1.86 bits per heavy atom. The summed E-state index contributed by atoms with van der Waals surface area (Å²) in [4.78, 5) is 24.5. The van der Waals surface area contributed by atoms with Crippen LogP contribution in [-0.2, 0) is 9.53 Å². The summed E-state index contributed by atoms with van der Waals surface area (Å²) in [5, 5.41) is 20.2. The van der Waals surface area contributed by atoms with Crippen molar-refractivity contribution in [2.75, 3.05) is 11.6 Å². The zero-order chi connectivity index (χ0) is 20.3. The molecule has 28 heavy (non-hydrogen) atoms. The van der Waals surface area contributed by atoms with Gasteiger partial charge in [0.05, 0.1) is 5.56 Å². The zero-order valence-corrected chi connectivity index (χ0v) is 17.3. The molecule has 9 nitrogen and oxygen atoms in total. The number of aryl methyl sites for hydroxylation is 2. The number of nitrogens with one attached hydrogen (secondary N) is 1. The minimum absolute atomic E-state index is 0.339. The number of nitrogens with zero attached hydrogens (tertiary/aromatic N) is 5. The Morgan fingerprint density at radius 3 is 2.46 bits per heavy atom. The summed E-state index contributed by atoms with van der Waals surface area (Å²) < 4.78 is 7.14. The molecule has 0 saturated heterocycles. The summed E-state index contributed by atoms with van der Waals surface area (Å²) >= 11 is 2.72. The lowest BCUT2D eigenvalue weighted by Gasteiger charge is -2.13. The number of hydrogen-bond donors (Lipinski definition) is 1. The van der Waals surface area contributed by atoms with Gasteiger partial charge in [-0.15, -0.1) is 20.4 Å². The number of benzene rings is 1. The standard InChI is InChI=1S/C17H18N6O3S2/c1-9(14(24)18-16-21-20-11(3)28-16)26-15(25)12-5-7-13(8-6-12)23-10(2)19-22-17(23)27-4/h5-9H,1-4H3,(H,18,21,24). The summed E-state index contributed by atoms with van der Waals surface area (Å²) in [6.45, 7) is 5.14. The molecule has 3 rings (SSSR count). The number of ether oxygens (including phenoxy) is 1. The molecule has 1 amide bonds. The molecule has 0 aliphatic rings. The fourth-order valence-corrected chi connectivity index (χ4v) is 3.49. The topological polar surface area (TPSA) is 112 Å². The summed E-state index contributed by atoms with van der Waals surface area (Å²) in [7, 11) is 0. The van der Waals surface area contributed by atoms with Gasteiger partial charge < -0.3 is 4.74 Å². The molecule has 0 spiro atoms. The van der Waals surface area contributed by atoms with Gasteiger partial charge in [-0.1, -0.05) is 23.1 Å². The zero-order valence-electron chi connectivity index (χ0n) is 15.7. The van der Waals surface area contributed by atoms with Crippen molar-refractivity contribution in [3.8, 4) is 5.69 Å². The molecule has 3 aromatic rings. The molecule has 0 fully saturated rings. The SMILES string of the molecule is CSc1nnc(C)n1-c1ccc(C(=O)OC(C)C(=O)Nc2nnc(C)s2)cc1. The number of thioether (sulfide) groups is 1. The van der Waals surface area contributed by atoms with Crippen molar-refractivity contribution >= 4 is 40.1 Å². The first kappa shape index (κ1) is 20.0. The van der Waals surface area contributed by atoms with Crippen LogP contribution in [0, 0.1) is 13.8 Å². The number of anilines is 1. The lowest BCUT2D eigenvalue weighted by molar-refractivity contribution is -0.123. The van der Waals surface area contributed by atoms with Crippen molar-refractivity contribution < 1.29 is 14.3 Å².